The summed E-state index contributed by atoms with van der Waals surface area (Å²) in [7, 11) is 0. The molecule has 1 fully saturated rings. The summed E-state index contributed by atoms with van der Waals surface area (Å²) in [6, 6.07) is -0.812. The van der Waals surface area contributed by atoms with Crippen molar-refractivity contribution in [3.63, 3.8) is 0 Å². The van der Waals surface area contributed by atoms with Crippen LogP contribution in [0.3, 0.4) is 0 Å². The Morgan fingerprint density at radius 3 is 2.86 bits per heavy atom. The molecule has 0 spiro atoms. The third kappa shape index (κ3) is 1.58. The highest BCUT2D eigenvalue weighted by Gasteiger charge is 2.42. The number of nitrogens with two attached hydrogens (primary N) is 1. The molecule has 1 unspecified atom stereocenters. The van der Waals surface area contributed by atoms with Crippen molar-refractivity contribution in [2.24, 2.45) is 0 Å². The Morgan fingerprint density at radius 2 is 2.29 bits per heavy atom. The number of nitrogen functional groups attached to an aromatic ring is 1. The van der Waals surface area contributed by atoms with Crippen molar-refractivity contribution in [3.8, 4) is 0 Å². The summed E-state index contributed by atoms with van der Waals surface area (Å²) in [5.74, 6) is -2.64. The van der Waals surface area contributed by atoms with Crippen LogP contribution in [-0.2, 0) is 0 Å². The minimum absolute atomic E-state index is 0.0442. The number of rotatable bonds is 1. The molecule has 1 aliphatic carbocycles. The highest BCUT2D eigenvalue weighted by atomic mass is 19.3. The van der Waals surface area contributed by atoms with Crippen LogP contribution in [-0.4, -0.2) is 15.7 Å². The van der Waals surface area contributed by atoms with E-state index in [1.807, 2.05) is 0 Å². The van der Waals surface area contributed by atoms with Crippen LogP contribution in [0.4, 0.5) is 14.5 Å². The van der Waals surface area contributed by atoms with E-state index in [0.29, 0.717) is 18.5 Å². The second-order valence-electron chi connectivity index (χ2n) is 3.78. The average Bonchev–Trinajstić information content (AvgIpc) is 2.51. The fraction of sp³-hybridized carbons (Fsp3) is 0.667. The van der Waals surface area contributed by atoms with Gasteiger partial charge in [0.1, 0.15) is 6.04 Å². The van der Waals surface area contributed by atoms with E-state index in [4.69, 9.17) is 5.73 Å². The molecule has 1 aromatic heterocycles. The van der Waals surface area contributed by atoms with Crippen LogP contribution >= 0.6 is 0 Å². The van der Waals surface area contributed by atoms with E-state index in [0.717, 1.165) is 6.42 Å². The Hall–Kier alpha value is -1.13. The maximum Gasteiger partial charge on any atom is 0.270 e. The first-order valence-corrected chi connectivity index (χ1v) is 4.77. The minimum atomic E-state index is -2.64. The number of anilines is 1. The minimum Gasteiger partial charge on any atom is -0.396 e. The van der Waals surface area contributed by atoms with Crippen molar-refractivity contribution in [2.45, 2.75) is 37.6 Å². The van der Waals surface area contributed by atoms with E-state index in [-0.39, 0.29) is 6.42 Å². The van der Waals surface area contributed by atoms with Crippen molar-refractivity contribution < 1.29 is 8.78 Å². The lowest BCUT2D eigenvalue weighted by Crippen LogP contribution is -2.34. The highest BCUT2D eigenvalue weighted by Crippen LogP contribution is 2.41. The normalized spacial score (nSPS) is 26.3. The van der Waals surface area contributed by atoms with Crippen molar-refractivity contribution >= 4 is 5.69 Å². The number of nitrogens with zero attached hydrogens (tertiary/aromatic N) is 2. The molecular formula is C9H13F2N3. The molecule has 2 rings (SSSR count). The Balaban J connectivity index is 2.23. The van der Waals surface area contributed by atoms with E-state index in [1.54, 1.807) is 0 Å². The van der Waals surface area contributed by atoms with Crippen LogP contribution in [0.1, 0.15) is 31.7 Å². The molecule has 0 aliphatic heterocycles. The lowest BCUT2D eigenvalue weighted by Gasteiger charge is -2.31. The van der Waals surface area contributed by atoms with Gasteiger partial charge < -0.3 is 5.73 Å². The fourth-order valence-corrected chi connectivity index (χ4v) is 1.93. The van der Waals surface area contributed by atoms with Gasteiger partial charge in [-0.1, -0.05) is 6.42 Å². The molecule has 0 amide bonds. The summed E-state index contributed by atoms with van der Waals surface area (Å²) in [6.45, 7) is 0. The molecule has 1 heterocycles. The number of aromatic nitrogens is 2. The van der Waals surface area contributed by atoms with Crippen LogP contribution in [0, 0.1) is 0 Å². The molecule has 5 heteroatoms. The second kappa shape index (κ2) is 3.22. The zero-order valence-corrected chi connectivity index (χ0v) is 7.79. The predicted molar refractivity (Wildman–Crippen MR) is 49.1 cm³/mol. The predicted octanol–water partition coefficient (Wildman–Crippen LogP) is 2.22. The first kappa shape index (κ1) is 9.43. The topological polar surface area (TPSA) is 43.8 Å². The molecule has 1 atom stereocenters. The Morgan fingerprint density at radius 1 is 1.50 bits per heavy atom. The maximum atomic E-state index is 13.5. The lowest BCUT2D eigenvalue weighted by molar-refractivity contribution is -0.0818. The summed E-state index contributed by atoms with van der Waals surface area (Å²) >= 11 is 0. The van der Waals surface area contributed by atoms with Gasteiger partial charge in [0.25, 0.3) is 5.92 Å². The fourth-order valence-electron chi connectivity index (χ4n) is 1.93. The van der Waals surface area contributed by atoms with Crippen molar-refractivity contribution in [1.82, 2.24) is 9.78 Å². The van der Waals surface area contributed by atoms with Crippen molar-refractivity contribution in [2.75, 3.05) is 5.73 Å². The summed E-state index contributed by atoms with van der Waals surface area (Å²) in [5.41, 5.74) is 5.88. The number of hydrogen-bond donors (Lipinski definition) is 1. The number of hydrogen-bond acceptors (Lipinski definition) is 2. The van der Waals surface area contributed by atoms with Crippen molar-refractivity contribution in [3.05, 3.63) is 12.4 Å². The van der Waals surface area contributed by atoms with Gasteiger partial charge in [-0.25, -0.2) is 8.78 Å². The molecule has 78 valence electrons. The maximum absolute atomic E-state index is 13.5. The molecule has 2 N–H and O–H groups in total. The molecule has 0 bridgehead atoms. The van der Waals surface area contributed by atoms with Crippen LogP contribution < -0.4 is 5.73 Å². The smallest absolute Gasteiger partial charge is 0.270 e. The Kier molecular flexibility index (Phi) is 2.17. The summed E-state index contributed by atoms with van der Waals surface area (Å²) in [4.78, 5) is 0. The molecule has 14 heavy (non-hydrogen) atoms. The van der Waals surface area contributed by atoms with Gasteiger partial charge in [0.2, 0.25) is 0 Å². The molecule has 0 radical (unpaired) electrons. The third-order valence-corrected chi connectivity index (χ3v) is 2.67. The summed E-state index contributed by atoms with van der Waals surface area (Å²) < 4.78 is 28.2. The van der Waals surface area contributed by atoms with E-state index < -0.39 is 12.0 Å². The molecule has 0 saturated heterocycles. The van der Waals surface area contributed by atoms with Crippen molar-refractivity contribution in [1.29, 1.82) is 0 Å². The molecule has 1 aliphatic rings. The van der Waals surface area contributed by atoms with Gasteiger partial charge in [-0.05, 0) is 12.8 Å². The average molecular weight is 201 g/mol. The first-order chi connectivity index (χ1) is 6.59. The van der Waals surface area contributed by atoms with E-state index in [2.05, 4.69) is 5.10 Å². The van der Waals surface area contributed by atoms with Crippen LogP contribution in [0.2, 0.25) is 0 Å². The summed E-state index contributed by atoms with van der Waals surface area (Å²) in [5, 5.41) is 3.85. The van der Waals surface area contributed by atoms with E-state index >= 15 is 0 Å². The lowest BCUT2D eigenvalue weighted by atomic mass is 9.92. The van der Waals surface area contributed by atoms with Crippen LogP contribution in [0.15, 0.2) is 12.4 Å². The highest BCUT2D eigenvalue weighted by molar-refractivity contribution is 5.30. The van der Waals surface area contributed by atoms with Gasteiger partial charge in [-0.3, -0.25) is 4.68 Å². The van der Waals surface area contributed by atoms with Crippen LogP contribution in [0.5, 0.6) is 0 Å². The summed E-state index contributed by atoms with van der Waals surface area (Å²) in [6.07, 6.45) is 4.75. The molecular weight excluding hydrogens is 188 g/mol. The van der Waals surface area contributed by atoms with E-state index in [1.165, 1.54) is 17.1 Å². The van der Waals surface area contributed by atoms with Gasteiger partial charge in [0.05, 0.1) is 11.9 Å². The second-order valence-corrected chi connectivity index (χ2v) is 3.78. The zero-order valence-electron chi connectivity index (χ0n) is 7.79. The van der Waals surface area contributed by atoms with Gasteiger partial charge in [-0.15, -0.1) is 0 Å². The van der Waals surface area contributed by atoms with Gasteiger partial charge >= 0.3 is 0 Å². The Bertz CT molecular complexity index is 322. The quantitative estimate of drug-likeness (QED) is 0.757. The van der Waals surface area contributed by atoms with E-state index in [9.17, 15) is 8.78 Å². The number of halogens is 2. The van der Waals surface area contributed by atoms with Crippen LogP contribution in [0.25, 0.3) is 0 Å². The molecule has 0 aromatic carbocycles. The van der Waals surface area contributed by atoms with Gasteiger partial charge in [0, 0.05) is 12.6 Å². The number of alkyl halides is 2. The Labute approximate surface area is 80.9 Å². The molecule has 1 aromatic rings. The largest absolute Gasteiger partial charge is 0.396 e. The van der Waals surface area contributed by atoms with Gasteiger partial charge in [-0.2, -0.15) is 5.10 Å². The van der Waals surface area contributed by atoms with Gasteiger partial charge in [0.15, 0.2) is 0 Å². The standard InChI is InChI=1S/C9H13F2N3/c10-9(11)4-2-1-3-8(9)14-6-7(12)5-13-14/h5-6,8H,1-4,12H2. The zero-order chi connectivity index (χ0) is 10.2. The molecule has 3 nitrogen and oxygen atoms in total. The first-order valence-electron chi connectivity index (χ1n) is 4.77. The monoisotopic (exact) mass is 201 g/mol. The SMILES string of the molecule is Nc1cnn(C2CCCCC2(F)F)c1. The molecule has 1 saturated carbocycles. The third-order valence-electron chi connectivity index (χ3n) is 2.67.